The van der Waals surface area contributed by atoms with Gasteiger partial charge in [-0.3, -0.25) is 0 Å². The number of hydrogen-bond donors (Lipinski definition) is 2. The van der Waals surface area contributed by atoms with E-state index in [0.717, 1.165) is 28.2 Å². The number of aromatic nitrogens is 2. The Bertz CT molecular complexity index is 732. The first-order valence-electron chi connectivity index (χ1n) is 6.79. The predicted molar refractivity (Wildman–Crippen MR) is 89.1 cm³/mol. The lowest BCUT2D eigenvalue weighted by Gasteiger charge is -2.04. The summed E-state index contributed by atoms with van der Waals surface area (Å²) in [4.78, 5) is 9.14. The van der Waals surface area contributed by atoms with Gasteiger partial charge in [0.15, 0.2) is 0 Å². The van der Waals surface area contributed by atoms with Gasteiger partial charge < -0.3 is 10.7 Å². The normalized spacial score (nSPS) is 10.8. The molecule has 3 nitrogen and oxygen atoms in total. The lowest BCUT2D eigenvalue weighted by atomic mass is 10.1. The van der Waals surface area contributed by atoms with E-state index in [1.165, 1.54) is 4.90 Å². The molecule has 0 aliphatic carbocycles. The number of rotatable bonds is 4. The van der Waals surface area contributed by atoms with Crippen LogP contribution < -0.4 is 5.73 Å². The van der Waals surface area contributed by atoms with E-state index in [1.54, 1.807) is 11.8 Å². The highest BCUT2D eigenvalue weighted by Crippen LogP contribution is 2.26. The third kappa shape index (κ3) is 2.86. The molecule has 1 aromatic heterocycles. The molecule has 1 heterocycles. The van der Waals surface area contributed by atoms with E-state index in [1.807, 2.05) is 30.5 Å². The van der Waals surface area contributed by atoms with Gasteiger partial charge in [0.2, 0.25) is 0 Å². The molecule has 3 N–H and O–H groups in total. The predicted octanol–water partition coefficient (Wildman–Crippen LogP) is 3.92. The minimum atomic E-state index is 0.509. The Morgan fingerprint density at radius 3 is 2.57 bits per heavy atom. The van der Waals surface area contributed by atoms with Gasteiger partial charge in [-0.1, -0.05) is 36.4 Å². The van der Waals surface area contributed by atoms with Crippen molar-refractivity contribution < 1.29 is 0 Å². The maximum atomic E-state index is 5.79. The van der Waals surface area contributed by atoms with E-state index in [9.17, 15) is 0 Å². The second kappa shape index (κ2) is 6.16. The molecule has 0 aliphatic rings. The zero-order chi connectivity index (χ0) is 14.7. The quantitative estimate of drug-likeness (QED) is 0.717. The summed E-state index contributed by atoms with van der Waals surface area (Å²) in [6.45, 7) is 0.509. The maximum Gasteiger partial charge on any atom is 0.138 e. The van der Waals surface area contributed by atoms with Crippen molar-refractivity contribution in [2.75, 3.05) is 6.26 Å². The summed E-state index contributed by atoms with van der Waals surface area (Å²) >= 11 is 1.74. The molecular formula is C17H17N3S. The summed E-state index contributed by atoms with van der Waals surface area (Å²) in [5.41, 5.74) is 10.1. The van der Waals surface area contributed by atoms with Crippen LogP contribution in [0.1, 0.15) is 5.56 Å². The van der Waals surface area contributed by atoms with Gasteiger partial charge in [-0.05, 0) is 29.5 Å². The van der Waals surface area contributed by atoms with Crippen LogP contribution in [0.2, 0.25) is 0 Å². The van der Waals surface area contributed by atoms with E-state index < -0.39 is 0 Å². The van der Waals surface area contributed by atoms with E-state index in [4.69, 9.17) is 5.73 Å². The van der Waals surface area contributed by atoms with Crippen molar-refractivity contribution in [2.24, 2.45) is 5.73 Å². The second-order valence-corrected chi connectivity index (χ2v) is 5.61. The van der Waals surface area contributed by atoms with Crippen molar-refractivity contribution >= 4 is 11.8 Å². The highest BCUT2D eigenvalue weighted by Gasteiger charge is 2.08. The highest BCUT2D eigenvalue weighted by molar-refractivity contribution is 7.98. The van der Waals surface area contributed by atoms with Crippen LogP contribution in [0.5, 0.6) is 0 Å². The standard InChI is InChI=1S/C17H17N3S/c1-21-14-8-6-12(7-9-14)16-11-19-17(20-16)15-5-3-2-4-13(15)10-18/h2-9,11H,10,18H2,1H3,(H,19,20). The first kappa shape index (κ1) is 13.9. The van der Waals surface area contributed by atoms with Crippen molar-refractivity contribution in [1.29, 1.82) is 0 Å². The average Bonchev–Trinajstić information content (AvgIpc) is 3.04. The van der Waals surface area contributed by atoms with Gasteiger partial charge >= 0.3 is 0 Å². The fourth-order valence-electron chi connectivity index (χ4n) is 2.30. The van der Waals surface area contributed by atoms with Crippen LogP contribution in [-0.2, 0) is 6.54 Å². The number of benzene rings is 2. The molecule has 3 aromatic rings. The summed E-state index contributed by atoms with van der Waals surface area (Å²) in [5.74, 6) is 0.861. The molecule has 0 spiro atoms. The lowest BCUT2D eigenvalue weighted by molar-refractivity contribution is 1.07. The molecule has 21 heavy (non-hydrogen) atoms. The summed E-state index contributed by atoms with van der Waals surface area (Å²) < 4.78 is 0. The van der Waals surface area contributed by atoms with Gasteiger partial charge in [0.1, 0.15) is 5.82 Å². The largest absolute Gasteiger partial charge is 0.338 e. The van der Waals surface area contributed by atoms with E-state index in [2.05, 4.69) is 40.5 Å². The van der Waals surface area contributed by atoms with Crippen molar-refractivity contribution in [3.8, 4) is 22.6 Å². The zero-order valence-corrected chi connectivity index (χ0v) is 12.7. The highest BCUT2D eigenvalue weighted by atomic mass is 32.2. The van der Waals surface area contributed by atoms with Crippen molar-refractivity contribution in [3.63, 3.8) is 0 Å². The van der Waals surface area contributed by atoms with Gasteiger partial charge in [0.05, 0.1) is 11.9 Å². The second-order valence-electron chi connectivity index (χ2n) is 4.74. The fourth-order valence-corrected chi connectivity index (χ4v) is 2.71. The number of aromatic amines is 1. The van der Waals surface area contributed by atoms with Crippen LogP contribution in [-0.4, -0.2) is 16.2 Å². The number of nitrogens with one attached hydrogen (secondary N) is 1. The van der Waals surface area contributed by atoms with Gasteiger partial charge in [-0.2, -0.15) is 0 Å². The topological polar surface area (TPSA) is 54.7 Å². The lowest BCUT2D eigenvalue weighted by Crippen LogP contribution is -1.99. The first-order chi connectivity index (χ1) is 10.3. The van der Waals surface area contributed by atoms with Gasteiger partial charge in [-0.25, -0.2) is 4.98 Å². The number of nitrogens with two attached hydrogens (primary N) is 1. The monoisotopic (exact) mass is 295 g/mol. The molecule has 0 radical (unpaired) electrons. The van der Waals surface area contributed by atoms with Crippen molar-refractivity contribution in [3.05, 3.63) is 60.3 Å². The number of thioether (sulfide) groups is 1. The van der Waals surface area contributed by atoms with Crippen LogP contribution in [0.25, 0.3) is 22.6 Å². The molecule has 0 amide bonds. The molecule has 0 saturated heterocycles. The van der Waals surface area contributed by atoms with Gasteiger partial charge in [0, 0.05) is 17.0 Å². The molecule has 0 unspecified atom stereocenters. The Kier molecular flexibility index (Phi) is 4.08. The molecule has 0 atom stereocenters. The third-order valence-electron chi connectivity index (χ3n) is 3.47. The third-order valence-corrected chi connectivity index (χ3v) is 4.21. The van der Waals surface area contributed by atoms with Crippen LogP contribution in [0.15, 0.2) is 59.6 Å². The van der Waals surface area contributed by atoms with Gasteiger partial charge in [0.25, 0.3) is 0 Å². The number of hydrogen-bond acceptors (Lipinski definition) is 3. The molecule has 0 saturated carbocycles. The van der Waals surface area contributed by atoms with Crippen LogP contribution in [0.4, 0.5) is 0 Å². The van der Waals surface area contributed by atoms with Crippen LogP contribution >= 0.6 is 11.8 Å². The molecular weight excluding hydrogens is 278 g/mol. The Morgan fingerprint density at radius 1 is 1.10 bits per heavy atom. The molecule has 106 valence electrons. The van der Waals surface area contributed by atoms with E-state index in [0.29, 0.717) is 6.54 Å². The number of H-pyrrole nitrogens is 1. The molecule has 4 heteroatoms. The van der Waals surface area contributed by atoms with Crippen LogP contribution in [0.3, 0.4) is 0 Å². The van der Waals surface area contributed by atoms with Crippen LogP contribution in [0, 0.1) is 0 Å². The average molecular weight is 295 g/mol. The van der Waals surface area contributed by atoms with E-state index in [-0.39, 0.29) is 0 Å². The Balaban J connectivity index is 1.95. The maximum absolute atomic E-state index is 5.79. The summed E-state index contributed by atoms with van der Waals surface area (Å²) in [6.07, 6.45) is 3.95. The first-order valence-corrected chi connectivity index (χ1v) is 8.02. The minimum Gasteiger partial charge on any atom is -0.338 e. The molecule has 0 bridgehead atoms. The fraction of sp³-hybridized carbons (Fsp3) is 0.118. The summed E-state index contributed by atoms with van der Waals surface area (Å²) in [6, 6.07) is 16.5. The molecule has 0 fully saturated rings. The molecule has 3 rings (SSSR count). The number of imidazole rings is 1. The molecule has 2 aromatic carbocycles. The van der Waals surface area contributed by atoms with Gasteiger partial charge in [-0.15, -0.1) is 11.8 Å². The smallest absolute Gasteiger partial charge is 0.138 e. The Labute approximate surface area is 128 Å². The number of nitrogens with zero attached hydrogens (tertiary/aromatic N) is 1. The SMILES string of the molecule is CSc1ccc(-c2cnc(-c3ccccc3CN)[nH]2)cc1. The minimum absolute atomic E-state index is 0.509. The summed E-state index contributed by atoms with van der Waals surface area (Å²) in [5, 5.41) is 0. The summed E-state index contributed by atoms with van der Waals surface area (Å²) in [7, 11) is 0. The zero-order valence-electron chi connectivity index (χ0n) is 11.8. The molecule has 0 aliphatic heterocycles. The Morgan fingerprint density at radius 2 is 1.86 bits per heavy atom. The Hall–Kier alpha value is -2.04. The van der Waals surface area contributed by atoms with E-state index >= 15 is 0 Å². The van der Waals surface area contributed by atoms with Crippen molar-refractivity contribution in [1.82, 2.24) is 9.97 Å². The van der Waals surface area contributed by atoms with Crippen molar-refractivity contribution in [2.45, 2.75) is 11.4 Å².